The molecular weight excluding hydrogens is 463 g/mol. The van der Waals surface area contributed by atoms with Crippen molar-refractivity contribution in [2.75, 3.05) is 32.7 Å². The highest BCUT2D eigenvalue weighted by molar-refractivity contribution is 7.10. The van der Waals surface area contributed by atoms with Gasteiger partial charge in [-0.3, -0.25) is 9.69 Å². The summed E-state index contributed by atoms with van der Waals surface area (Å²) in [4.78, 5) is 33.5. The third-order valence-corrected chi connectivity index (χ3v) is 8.74. The Kier molecular flexibility index (Phi) is 7.39. The van der Waals surface area contributed by atoms with Crippen LogP contribution in [0.3, 0.4) is 0 Å². The Morgan fingerprint density at radius 3 is 2.71 bits per heavy atom. The summed E-state index contributed by atoms with van der Waals surface area (Å²) in [6, 6.07) is 8.98. The van der Waals surface area contributed by atoms with Crippen molar-refractivity contribution in [1.82, 2.24) is 20.0 Å². The van der Waals surface area contributed by atoms with Crippen LogP contribution >= 0.6 is 11.3 Å². The topological polar surface area (TPSA) is 55.9 Å². The third kappa shape index (κ3) is 5.38. The fraction of sp³-hybridized carbons (Fsp3) is 0.556. The number of piperazine rings is 1. The number of urea groups is 1. The van der Waals surface area contributed by atoms with Gasteiger partial charge in [-0.15, -0.1) is 11.3 Å². The molecule has 1 saturated heterocycles. The van der Waals surface area contributed by atoms with Crippen LogP contribution in [0.4, 0.5) is 9.18 Å². The fourth-order valence-electron chi connectivity index (χ4n) is 5.87. The first-order valence-electron chi connectivity index (χ1n) is 12.9. The molecule has 5 rings (SSSR count). The minimum absolute atomic E-state index is 0.00341. The lowest BCUT2D eigenvalue weighted by Crippen LogP contribution is -2.59. The van der Waals surface area contributed by atoms with E-state index in [1.54, 1.807) is 23.5 Å². The first kappa shape index (κ1) is 24.3. The number of halogens is 1. The zero-order valence-electron chi connectivity index (χ0n) is 20.4. The van der Waals surface area contributed by atoms with Crippen LogP contribution in [-0.4, -0.2) is 71.4 Å². The number of carbonyl (C=O) groups is 2. The number of hydrogen-bond donors (Lipinski definition) is 1. The molecule has 0 radical (unpaired) electrons. The normalized spacial score (nSPS) is 23.7. The van der Waals surface area contributed by atoms with Gasteiger partial charge in [-0.05, 0) is 60.9 Å². The fourth-order valence-corrected chi connectivity index (χ4v) is 6.77. The number of nitrogens with zero attached hydrogens (tertiary/aromatic N) is 3. The van der Waals surface area contributed by atoms with Crippen LogP contribution in [0.2, 0.25) is 0 Å². The van der Waals surface area contributed by atoms with E-state index in [2.05, 4.69) is 21.7 Å². The van der Waals surface area contributed by atoms with E-state index in [0.29, 0.717) is 19.6 Å². The van der Waals surface area contributed by atoms with Gasteiger partial charge in [0.25, 0.3) is 0 Å². The molecule has 1 aliphatic carbocycles. The second kappa shape index (κ2) is 10.7. The number of thiophene rings is 1. The number of carbonyl (C=O) groups excluding carboxylic acids is 2. The van der Waals surface area contributed by atoms with Crippen molar-refractivity contribution in [1.29, 1.82) is 0 Å². The average molecular weight is 499 g/mol. The van der Waals surface area contributed by atoms with Gasteiger partial charge in [0.15, 0.2) is 0 Å². The zero-order chi connectivity index (χ0) is 24.4. The highest BCUT2D eigenvalue weighted by Gasteiger charge is 2.35. The molecule has 6 nitrogen and oxygen atoms in total. The van der Waals surface area contributed by atoms with Crippen LogP contribution in [0.25, 0.3) is 0 Å². The summed E-state index contributed by atoms with van der Waals surface area (Å²) in [5, 5.41) is 5.29. The monoisotopic (exact) mass is 498 g/mol. The second-order valence-corrected chi connectivity index (χ2v) is 11.1. The maximum Gasteiger partial charge on any atom is 0.317 e. The molecule has 3 aliphatic rings. The molecule has 1 saturated carbocycles. The summed E-state index contributed by atoms with van der Waals surface area (Å²) in [7, 11) is 0. The van der Waals surface area contributed by atoms with Crippen LogP contribution in [0.15, 0.2) is 35.7 Å². The molecule has 1 aromatic heterocycles. The van der Waals surface area contributed by atoms with Gasteiger partial charge in [0, 0.05) is 43.1 Å². The first-order valence-corrected chi connectivity index (χ1v) is 13.8. The molecule has 1 aromatic carbocycles. The van der Waals surface area contributed by atoms with E-state index < -0.39 is 0 Å². The van der Waals surface area contributed by atoms with Gasteiger partial charge in [-0.25, -0.2) is 9.18 Å². The standard InChI is InChI=1S/C27H35FN4O2S/c1-19-17-30(13-14-32(19)27(34)29-22-8-3-2-4-9-22)25(33)18-31-12-10-24-23(11-15-35-24)26(31)20-6-5-7-21(28)16-20/h5-7,11,15-16,19,22,26H,2-4,8-10,12-14,17-18H2,1H3,(H,29,34). The molecule has 0 bridgehead atoms. The summed E-state index contributed by atoms with van der Waals surface area (Å²) in [6.07, 6.45) is 6.65. The number of amides is 3. The molecule has 2 aromatic rings. The Hall–Kier alpha value is -2.45. The van der Waals surface area contributed by atoms with Crippen LogP contribution in [0, 0.1) is 5.82 Å². The lowest BCUT2D eigenvalue weighted by Gasteiger charge is -2.42. The Morgan fingerprint density at radius 2 is 1.94 bits per heavy atom. The predicted octanol–water partition coefficient (Wildman–Crippen LogP) is 4.41. The molecule has 2 unspecified atom stereocenters. The molecular formula is C27H35FN4O2S. The maximum absolute atomic E-state index is 14.1. The van der Waals surface area contributed by atoms with E-state index in [9.17, 15) is 14.0 Å². The van der Waals surface area contributed by atoms with Gasteiger partial charge >= 0.3 is 6.03 Å². The summed E-state index contributed by atoms with van der Waals surface area (Å²) in [5.74, 6) is -0.183. The van der Waals surface area contributed by atoms with Crippen molar-refractivity contribution in [3.63, 3.8) is 0 Å². The molecule has 2 atom stereocenters. The number of nitrogens with one attached hydrogen (secondary N) is 1. The van der Waals surface area contributed by atoms with Crippen molar-refractivity contribution < 1.29 is 14.0 Å². The summed E-state index contributed by atoms with van der Waals surface area (Å²) >= 11 is 1.73. The third-order valence-electron chi connectivity index (χ3n) is 7.74. The SMILES string of the molecule is CC1CN(C(=O)CN2CCc3sccc3C2c2cccc(F)c2)CCN1C(=O)NC1CCCCC1. The molecule has 1 N–H and O–H groups in total. The van der Waals surface area contributed by atoms with Crippen LogP contribution in [0.5, 0.6) is 0 Å². The van der Waals surface area contributed by atoms with Crippen LogP contribution in [0.1, 0.15) is 61.1 Å². The molecule has 35 heavy (non-hydrogen) atoms. The number of hydrogen-bond acceptors (Lipinski definition) is 4. The van der Waals surface area contributed by atoms with Crippen molar-refractivity contribution in [3.8, 4) is 0 Å². The predicted molar refractivity (Wildman–Crippen MR) is 136 cm³/mol. The Labute approximate surface area is 211 Å². The smallest absolute Gasteiger partial charge is 0.317 e. The number of rotatable bonds is 4. The second-order valence-electron chi connectivity index (χ2n) is 10.1. The van der Waals surface area contributed by atoms with Crippen molar-refractivity contribution >= 4 is 23.3 Å². The van der Waals surface area contributed by atoms with Crippen LogP contribution < -0.4 is 5.32 Å². The highest BCUT2D eigenvalue weighted by Crippen LogP contribution is 2.37. The van der Waals surface area contributed by atoms with E-state index in [1.807, 2.05) is 22.8 Å². The van der Waals surface area contributed by atoms with Crippen molar-refractivity contribution in [3.05, 3.63) is 57.5 Å². The number of fused-ring (bicyclic) bond motifs is 1. The van der Waals surface area contributed by atoms with Gasteiger partial charge in [0.2, 0.25) is 5.91 Å². The maximum atomic E-state index is 14.1. The molecule has 0 spiro atoms. The van der Waals surface area contributed by atoms with E-state index in [-0.39, 0.29) is 42.4 Å². The molecule has 2 fully saturated rings. The van der Waals surface area contributed by atoms with E-state index in [1.165, 1.54) is 35.8 Å². The Morgan fingerprint density at radius 1 is 1.11 bits per heavy atom. The van der Waals surface area contributed by atoms with Crippen molar-refractivity contribution in [2.24, 2.45) is 0 Å². The largest absolute Gasteiger partial charge is 0.338 e. The molecule has 3 heterocycles. The Bertz CT molecular complexity index is 1050. The highest BCUT2D eigenvalue weighted by atomic mass is 32.1. The van der Waals surface area contributed by atoms with Gasteiger partial charge in [0.1, 0.15) is 5.82 Å². The average Bonchev–Trinajstić information content (AvgIpc) is 3.33. The van der Waals surface area contributed by atoms with Gasteiger partial charge in [0.05, 0.1) is 12.6 Å². The first-order chi connectivity index (χ1) is 17.0. The van der Waals surface area contributed by atoms with E-state index in [4.69, 9.17) is 0 Å². The minimum atomic E-state index is -0.257. The molecule has 3 amide bonds. The summed E-state index contributed by atoms with van der Waals surface area (Å²) in [5.41, 5.74) is 2.06. The Balaban J connectivity index is 1.23. The van der Waals surface area contributed by atoms with Crippen LogP contribution in [-0.2, 0) is 11.2 Å². The van der Waals surface area contributed by atoms with Gasteiger partial charge < -0.3 is 15.1 Å². The van der Waals surface area contributed by atoms with Gasteiger partial charge in [-0.2, -0.15) is 0 Å². The summed E-state index contributed by atoms with van der Waals surface area (Å²) in [6.45, 7) is 4.71. The van der Waals surface area contributed by atoms with E-state index >= 15 is 0 Å². The lowest BCUT2D eigenvalue weighted by molar-refractivity contribution is -0.135. The van der Waals surface area contributed by atoms with E-state index in [0.717, 1.165) is 31.4 Å². The summed E-state index contributed by atoms with van der Waals surface area (Å²) < 4.78 is 14.1. The molecule has 8 heteroatoms. The minimum Gasteiger partial charge on any atom is -0.338 e. The lowest BCUT2D eigenvalue weighted by atomic mass is 9.93. The molecule has 188 valence electrons. The molecule has 2 aliphatic heterocycles. The quantitative estimate of drug-likeness (QED) is 0.680. The van der Waals surface area contributed by atoms with Gasteiger partial charge in [-0.1, -0.05) is 31.4 Å². The van der Waals surface area contributed by atoms with Crippen molar-refractivity contribution in [2.45, 2.75) is 63.6 Å². The zero-order valence-corrected chi connectivity index (χ0v) is 21.2. The number of benzene rings is 1.